The van der Waals surface area contributed by atoms with Crippen LogP contribution in [-0.4, -0.2) is 42.7 Å². The van der Waals surface area contributed by atoms with E-state index in [1.165, 1.54) is 26.4 Å². The first kappa shape index (κ1) is 22.7. The van der Waals surface area contributed by atoms with E-state index in [2.05, 4.69) is 5.32 Å². The first-order chi connectivity index (χ1) is 15.3. The number of nitrogens with one attached hydrogen (secondary N) is 1. The van der Waals surface area contributed by atoms with E-state index in [1.807, 2.05) is 6.92 Å². The zero-order valence-corrected chi connectivity index (χ0v) is 18.2. The van der Waals surface area contributed by atoms with E-state index in [1.54, 1.807) is 24.3 Å². The first-order valence-corrected chi connectivity index (χ1v) is 9.76. The number of thiocarbonyl (C=S) groups is 1. The normalized spacial score (nSPS) is 14.9. The lowest BCUT2D eigenvalue weighted by molar-refractivity contribution is -0.385. The number of methoxy groups -OCH3 is 2. The van der Waals surface area contributed by atoms with Gasteiger partial charge in [0.25, 0.3) is 11.8 Å². The molecule has 0 bridgehead atoms. The molecule has 1 aliphatic heterocycles. The number of carbonyl (C=O) groups is 2. The number of ether oxygens (including phenoxy) is 3. The molecule has 32 heavy (non-hydrogen) atoms. The van der Waals surface area contributed by atoms with Crippen molar-refractivity contribution in [2.75, 3.05) is 25.7 Å². The summed E-state index contributed by atoms with van der Waals surface area (Å²) < 4.78 is 15.8. The number of amides is 2. The van der Waals surface area contributed by atoms with Crippen LogP contribution in [0.1, 0.15) is 12.5 Å². The Morgan fingerprint density at radius 3 is 2.50 bits per heavy atom. The fourth-order valence-electron chi connectivity index (χ4n) is 3.09. The third-order valence-corrected chi connectivity index (χ3v) is 4.80. The van der Waals surface area contributed by atoms with Crippen molar-refractivity contribution in [3.63, 3.8) is 0 Å². The molecule has 11 heteroatoms. The van der Waals surface area contributed by atoms with Crippen LogP contribution in [-0.2, 0) is 9.59 Å². The fraction of sp³-hybridized carbons (Fsp3) is 0.190. The quantitative estimate of drug-likeness (QED) is 0.222. The van der Waals surface area contributed by atoms with Crippen LogP contribution in [0.15, 0.2) is 42.0 Å². The molecule has 1 fully saturated rings. The average molecular weight is 457 g/mol. The number of anilines is 1. The Bertz CT molecular complexity index is 1150. The van der Waals surface area contributed by atoms with Crippen LogP contribution < -0.4 is 24.4 Å². The number of nitro benzene ring substituents is 1. The largest absolute Gasteiger partial charge is 0.496 e. The van der Waals surface area contributed by atoms with E-state index < -0.39 is 16.7 Å². The third kappa shape index (κ3) is 4.37. The van der Waals surface area contributed by atoms with E-state index in [0.717, 1.165) is 11.0 Å². The molecular formula is C21H19N3O7S. The highest BCUT2D eigenvalue weighted by Crippen LogP contribution is 2.36. The Hall–Kier alpha value is -3.99. The number of nitrogens with zero attached hydrogens (tertiary/aromatic N) is 2. The van der Waals surface area contributed by atoms with Crippen LogP contribution in [0.4, 0.5) is 11.4 Å². The van der Waals surface area contributed by atoms with Gasteiger partial charge in [-0.1, -0.05) is 6.07 Å². The summed E-state index contributed by atoms with van der Waals surface area (Å²) in [5, 5.41) is 13.8. The van der Waals surface area contributed by atoms with Crippen LogP contribution >= 0.6 is 12.2 Å². The van der Waals surface area contributed by atoms with E-state index in [-0.39, 0.29) is 33.4 Å². The van der Waals surface area contributed by atoms with Crippen molar-refractivity contribution in [2.24, 2.45) is 0 Å². The second-order valence-electron chi connectivity index (χ2n) is 6.41. The van der Waals surface area contributed by atoms with Crippen molar-refractivity contribution in [2.45, 2.75) is 6.92 Å². The Morgan fingerprint density at radius 2 is 1.88 bits per heavy atom. The molecule has 1 heterocycles. The molecule has 2 aromatic rings. The molecular weight excluding hydrogens is 438 g/mol. The summed E-state index contributed by atoms with van der Waals surface area (Å²) in [4.78, 5) is 37.7. The Kier molecular flexibility index (Phi) is 6.69. The van der Waals surface area contributed by atoms with Gasteiger partial charge in [-0.05, 0) is 37.4 Å². The minimum Gasteiger partial charge on any atom is -0.496 e. The van der Waals surface area contributed by atoms with Gasteiger partial charge in [0.05, 0.1) is 31.4 Å². The van der Waals surface area contributed by atoms with Gasteiger partial charge in [-0.2, -0.15) is 0 Å². The molecule has 166 valence electrons. The molecule has 1 N–H and O–H groups in total. The van der Waals surface area contributed by atoms with Gasteiger partial charge < -0.3 is 14.2 Å². The zero-order valence-electron chi connectivity index (χ0n) is 17.4. The summed E-state index contributed by atoms with van der Waals surface area (Å²) in [6.07, 6.45) is 1.21. The van der Waals surface area contributed by atoms with Crippen LogP contribution in [0.3, 0.4) is 0 Å². The van der Waals surface area contributed by atoms with Crippen LogP contribution in [0.25, 0.3) is 6.08 Å². The minimum absolute atomic E-state index is 0.0241. The fourth-order valence-corrected chi connectivity index (χ4v) is 3.37. The number of carbonyl (C=O) groups excluding carboxylic acids is 2. The highest BCUT2D eigenvalue weighted by Gasteiger charge is 2.35. The number of benzene rings is 2. The van der Waals surface area contributed by atoms with E-state index in [9.17, 15) is 19.7 Å². The molecule has 2 aromatic carbocycles. The molecule has 0 saturated carbocycles. The molecule has 10 nitrogen and oxygen atoms in total. The van der Waals surface area contributed by atoms with Crippen LogP contribution in [0.2, 0.25) is 0 Å². The molecule has 0 aromatic heterocycles. The van der Waals surface area contributed by atoms with Crippen molar-refractivity contribution in [3.8, 4) is 17.2 Å². The van der Waals surface area contributed by atoms with Crippen molar-refractivity contribution in [1.29, 1.82) is 0 Å². The molecule has 0 radical (unpaired) electrons. The second kappa shape index (κ2) is 9.43. The summed E-state index contributed by atoms with van der Waals surface area (Å²) in [5.41, 5.74) is -0.0855. The SMILES string of the molecule is CCOc1cccc(N2C(=O)C(=Cc3cc([N+](=O)[O-])c(OC)cc3OC)C(=O)NC2=S)c1. The topological polar surface area (TPSA) is 120 Å². The van der Waals surface area contributed by atoms with Crippen molar-refractivity contribution in [1.82, 2.24) is 5.32 Å². The van der Waals surface area contributed by atoms with E-state index in [0.29, 0.717) is 18.0 Å². The number of hydrogen-bond donors (Lipinski definition) is 1. The van der Waals surface area contributed by atoms with Gasteiger partial charge >= 0.3 is 5.69 Å². The monoisotopic (exact) mass is 457 g/mol. The summed E-state index contributed by atoms with van der Waals surface area (Å²) in [7, 11) is 2.64. The Morgan fingerprint density at radius 1 is 1.16 bits per heavy atom. The van der Waals surface area contributed by atoms with Crippen molar-refractivity contribution in [3.05, 3.63) is 57.6 Å². The van der Waals surface area contributed by atoms with Gasteiger partial charge in [0.1, 0.15) is 17.1 Å². The minimum atomic E-state index is -0.738. The van der Waals surface area contributed by atoms with Gasteiger partial charge in [0.15, 0.2) is 5.11 Å². The maximum atomic E-state index is 13.2. The van der Waals surface area contributed by atoms with Gasteiger partial charge in [-0.25, -0.2) is 0 Å². The molecule has 0 unspecified atom stereocenters. The van der Waals surface area contributed by atoms with E-state index >= 15 is 0 Å². The summed E-state index contributed by atoms with van der Waals surface area (Å²) in [5.74, 6) is -0.760. The first-order valence-electron chi connectivity index (χ1n) is 9.35. The molecule has 3 rings (SSSR count). The van der Waals surface area contributed by atoms with Crippen LogP contribution in [0, 0.1) is 10.1 Å². The third-order valence-electron chi connectivity index (χ3n) is 4.52. The lowest BCUT2D eigenvalue weighted by Gasteiger charge is -2.29. The molecule has 1 aliphatic rings. The molecule has 0 atom stereocenters. The Balaban J connectivity index is 2.09. The number of hydrogen-bond acceptors (Lipinski definition) is 8. The average Bonchev–Trinajstić information content (AvgIpc) is 2.76. The van der Waals surface area contributed by atoms with Gasteiger partial charge in [-0.15, -0.1) is 0 Å². The summed E-state index contributed by atoms with van der Waals surface area (Å²) in [6, 6.07) is 9.14. The summed E-state index contributed by atoms with van der Waals surface area (Å²) in [6.45, 7) is 2.26. The van der Waals surface area contributed by atoms with Gasteiger partial charge in [-0.3, -0.25) is 29.9 Å². The predicted octanol–water partition coefficient (Wildman–Crippen LogP) is 2.84. The van der Waals surface area contributed by atoms with Gasteiger partial charge in [0.2, 0.25) is 5.75 Å². The number of nitro groups is 1. The maximum absolute atomic E-state index is 13.2. The number of rotatable bonds is 7. The van der Waals surface area contributed by atoms with Gasteiger partial charge in [0, 0.05) is 23.8 Å². The lowest BCUT2D eigenvalue weighted by atomic mass is 10.0. The van der Waals surface area contributed by atoms with Crippen molar-refractivity contribution >= 4 is 46.6 Å². The smallest absolute Gasteiger partial charge is 0.311 e. The van der Waals surface area contributed by atoms with E-state index in [4.69, 9.17) is 26.4 Å². The second-order valence-corrected chi connectivity index (χ2v) is 6.80. The molecule has 0 spiro atoms. The van der Waals surface area contributed by atoms with Crippen molar-refractivity contribution < 1.29 is 28.7 Å². The molecule has 2 amide bonds. The maximum Gasteiger partial charge on any atom is 0.311 e. The zero-order chi connectivity index (χ0) is 23.4. The standard InChI is InChI=1S/C21H19N3O7S/c1-4-31-14-7-5-6-13(10-14)23-20(26)15(19(25)22-21(23)32)8-12-9-16(24(27)28)18(30-3)11-17(12)29-2/h5-11H,4H2,1-3H3,(H,22,25,32). The highest BCUT2D eigenvalue weighted by atomic mass is 32.1. The Labute approximate surface area is 188 Å². The predicted molar refractivity (Wildman–Crippen MR) is 120 cm³/mol. The molecule has 0 aliphatic carbocycles. The molecule has 1 saturated heterocycles. The lowest BCUT2D eigenvalue weighted by Crippen LogP contribution is -2.54. The summed E-state index contributed by atoms with van der Waals surface area (Å²) >= 11 is 5.20. The van der Waals surface area contributed by atoms with Crippen LogP contribution in [0.5, 0.6) is 17.2 Å². The highest BCUT2D eigenvalue weighted by molar-refractivity contribution is 7.80.